The zero-order valence-corrected chi connectivity index (χ0v) is 14.9. The first kappa shape index (κ1) is 17.8. The van der Waals surface area contributed by atoms with Gasteiger partial charge in [-0.3, -0.25) is 14.4 Å². The minimum absolute atomic E-state index is 0.0275. The Morgan fingerprint density at radius 1 is 1.38 bits per heavy atom. The first-order valence-corrected chi connectivity index (χ1v) is 8.96. The summed E-state index contributed by atoms with van der Waals surface area (Å²) in [5.41, 5.74) is 0.437. The Bertz CT molecular complexity index is 586. The number of amides is 1. The van der Waals surface area contributed by atoms with Crippen molar-refractivity contribution in [2.75, 3.05) is 39.4 Å². The molecule has 1 saturated heterocycles. The Labute approximate surface area is 147 Å². The summed E-state index contributed by atoms with van der Waals surface area (Å²) < 4.78 is 33.1. The fourth-order valence-electron chi connectivity index (χ4n) is 2.85. The number of halogens is 3. The first-order chi connectivity index (χ1) is 11.6. The lowest BCUT2D eigenvalue weighted by molar-refractivity contribution is -0.122. The zero-order valence-electron chi connectivity index (χ0n) is 13.3. The molecule has 0 spiro atoms. The van der Waals surface area contributed by atoms with Crippen molar-refractivity contribution in [1.29, 1.82) is 0 Å². The Morgan fingerprint density at radius 2 is 2.08 bits per heavy atom. The standard InChI is InChI=1S/C15H21BrF2N4O2/c16-12-13(15(17)18)20-22(14(12)10-1-2-10)9-11(23)19-3-4-21-5-7-24-8-6-21/h10,15H,1-9H2,(H,19,23). The highest BCUT2D eigenvalue weighted by atomic mass is 79.9. The molecule has 1 N–H and O–H groups in total. The number of hydrogen-bond acceptors (Lipinski definition) is 4. The molecule has 3 rings (SSSR count). The van der Waals surface area contributed by atoms with Crippen molar-refractivity contribution in [2.45, 2.75) is 31.7 Å². The second kappa shape index (κ2) is 7.88. The summed E-state index contributed by atoms with van der Waals surface area (Å²) in [6.07, 6.45) is -0.750. The summed E-state index contributed by atoms with van der Waals surface area (Å²) in [6.45, 7) is 4.43. The summed E-state index contributed by atoms with van der Waals surface area (Å²) in [5.74, 6) is 0.0153. The van der Waals surface area contributed by atoms with Gasteiger partial charge in [0.25, 0.3) is 6.43 Å². The van der Waals surface area contributed by atoms with Gasteiger partial charge in [0, 0.05) is 32.1 Å². The lowest BCUT2D eigenvalue weighted by Crippen LogP contribution is -2.42. The molecule has 9 heteroatoms. The highest BCUT2D eigenvalue weighted by molar-refractivity contribution is 9.10. The van der Waals surface area contributed by atoms with E-state index in [4.69, 9.17) is 4.74 Å². The van der Waals surface area contributed by atoms with E-state index in [-0.39, 0.29) is 24.1 Å². The number of alkyl halides is 2. The van der Waals surface area contributed by atoms with Crippen LogP contribution in [0.2, 0.25) is 0 Å². The van der Waals surface area contributed by atoms with Gasteiger partial charge in [-0.25, -0.2) is 8.78 Å². The van der Waals surface area contributed by atoms with Crippen LogP contribution in [-0.4, -0.2) is 60.0 Å². The molecule has 2 fully saturated rings. The number of carbonyl (C=O) groups excluding carboxylic acids is 1. The number of nitrogens with one attached hydrogen (secondary N) is 1. The molecule has 0 atom stereocenters. The monoisotopic (exact) mass is 406 g/mol. The van der Waals surface area contributed by atoms with Gasteiger partial charge in [0.05, 0.1) is 23.4 Å². The number of carbonyl (C=O) groups is 1. The summed E-state index contributed by atoms with van der Waals surface area (Å²) in [4.78, 5) is 14.3. The van der Waals surface area contributed by atoms with E-state index < -0.39 is 6.43 Å². The smallest absolute Gasteiger partial charge is 0.283 e. The van der Waals surface area contributed by atoms with Crippen LogP contribution in [-0.2, 0) is 16.1 Å². The maximum absolute atomic E-state index is 13.0. The molecule has 1 saturated carbocycles. The van der Waals surface area contributed by atoms with Crippen LogP contribution in [0.1, 0.15) is 36.6 Å². The molecule has 0 aromatic carbocycles. The van der Waals surface area contributed by atoms with E-state index >= 15 is 0 Å². The second-order valence-electron chi connectivity index (χ2n) is 6.12. The van der Waals surface area contributed by atoms with Gasteiger partial charge >= 0.3 is 0 Å². The number of aromatic nitrogens is 2. The predicted molar refractivity (Wildman–Crippen MR) is 87.1 cm³/mol. The molecule has 1 amide bonds. The van der Waals surface area contributed by atoms with Crippen molar-refractivity contribution < 1.29 is 18.3 Å². The molecule has 0 unspecified atom stereocenters. The van der Waals surface area contributed by atoms with Gasteiger partial charge in [0.2, 0.25) is 5.91 Å². The van der Waals surface area contributed by atoms with E-state index in [0.29, 0.717) is 16.7 Å². The minimum Gasteiger partial charge on any atom is -0.379 e. The number of ether oxygens (including phenoxy) is 1. The molecule has 134 valence electrons. The van der Waals surface area contributed by atoms with Gasteiger partial charge in [-0.05, 0) is 28.8 Å². The molecule has 1 aromatic heterocycles. The van der Waals surface area contributed by atoms with Crippen LogP contribution in [0.4, 0.5) is 8.78 Å². The Morgan fingerprint density at radius 3 is 2.71 bits per heavy atom. The molecule has 1 aromatic rings. The third-order valence-corrected chi connectivity index (χ3v) is 5.09. The number of nitrogens with zero attached hydrogens (tertiary/aromatic N) is 3. The molecule has 24 heavy (non-hydrogen) atoms. The van der Waals surface area contributed by atoms with Gasteiger partial charge < -0.3 is 10.1 Å². The third-order valence-electron chi connectivity index (χ3n) is 4.27. The molecular weight excluding hydrogens is 386 g/mol. The Balaban J connectivity index is 1.54. The quantitative estimate of drug-likeness (QED) is 0.751. The lowest BCUT2D eigenvalue weighted by Gasteiger charge is -2.26. The van der Waals surface area contributed by atoms with Gasteiger partial charge in [0.1, 0.15) is 12.2 Å². The van der Waals surface area contributed by atoms with E-state index in [1.165, 1.54) is 4.68 Å². The molecule has 2 heterocycles. The maximum Gasteiger partial charge on any atom is 0.283 e. The van der Waals surface area contributed by atoms with Gasteiger partial charge in [0.15, 0.2) is 0 Å². The van der Waals surface area contributed by atoms with Crippen molar-refractivity contribution in [3.8, 4) is 0 Å². The molecule has 0 bridgehead atoms. The van der Waals surface area contributed by atoms with Crippen LogP contribution >= 0.6 is 15.9 Å². The predicted octanol–water partition coefficient (Wildman–Crippen LogP) is 1.91. The fourth-order valence-corrected chi connectivity index (χ4v) is 3.63. The van der Waals surface area contributed by atoms with Gasteiger partial charge in [-0.2, -0.15) is 5.10 Å². The number of hydrogen-bond donors (Lipinski definition) is 1. The van der Waals surface area contributed by atoms with Crippen molar-refractivity contribution in [3.05, 3.63) is 15.9 Å². The zero-order chi connectivity index (χ0) is 17.1. The van der Waals surface area contributed by atoms with Crippen molar-refractivity contribution in [2.24, 2.45) is 0 Å². The van der Waals surface area contributed by atoms with E-state index in [1.54, 1.807) is 0 Å². The molecule has 6 nitrogen and oxygen atoms in total. The summed E-state index contributed by atoms with van der Waals surface area (Å²) in [5, 5.41) is 6.78. The highest BCUT2D eigenvalue weighted by Gasteiger charge is 2.34. The van der Waals surface area contributed by atoms with Crippen LogP contribution in [0, 0.1) is 0 Å². The fraction of sp³-hybridized carbons (Fsp3) is 0.733. The first-order valence-electron chi connectivity index (χ1n) is 8.17. The van der Waals surface area contributed by atoms with Gasteiger partial charge in [-0.1, -0.05) is 0 Å². The summed E-state index contributed by atoms with van der Waals surface area (Å²) >= 11 is 3.22. The minimum atomic E-state index is -2.65. The van der Waals surface area contributed by atoms with Crippen molar-refractivity contribution >= 4 is 21.8 Å². The van der Waals surface area contributed by atoms with Crippen LogP contribution < -0.4 is 5.32 Å². The van der Waals surface area contributed by atoms with Crippen LogP contribution in [0.5, 0.6) is 0 Å². The number of rotatable bonds is 7. The van der Waals surface area contributed by atoms with E-state index in [2.05, 4.69) is 31.2 Å². The average molecular weight is 407 g/mol. The Hall–Kier alpha value is -1.06. The third kappa shape index (κ3) is 4.31. The van der Waals surface area contributed by atoms with Crippen LogP contribution in [0.15, 0.2) is 4.47 Å². The second-order valence-corrected chi connectivity index (χ2v) is 6.91. The number of morpholine rings is 1. The SMILES string of the molecule is O=C(Cn1nc(C(F)F)c(Br)c1C1CC1)NCCN1CCOCC1. The van der Waals surface area contributed by atoms with E-state index in [0.717, 1.165) is 45.7 Å². The normalized spacial score (nSPS) is 19.0. The molecular formula is C15H21BrF2N4O2. The van der Waals surface area contributed by atoms with Crippen molar-refractivity contribution in [1.82, 2.24) is 20.0 Å². The Kier molecular flexibility index (Phi) is 5.83. The largest absolute Gasteiger partial charge is 0.379 e. The maximum atomic E-state index is 13.0. The molecule has 0 radical (unpaired) electrons. The average Bonchev–Trinajstić information content (AvgIpc) is 3.33. The van der Waals surface area contributed by atoms with Gasteiger partial charge in [-0.15, -0.1) is 0 Å². The van der Waals surface area contributed by atoms with E-state index in [1.807, 2.05) is 0 Å². The van der Waals surface area contributed by atoms with Crippen LogP contribution in [0.3, 0.4) is 0 Å². The molecule has 1 aliphatic heterocycles. The topological polar surface area (TPSA) is 59.4 Å². The van der Waals surface area contributed by atoms with E-state index in [9.17, 15) is 13.6 Å². The highest BCUT2D eigenvalue weighted by Crippen LogP contribution is 2.45. The lowest BCUT2D eigenvalue weighted by atomic mass is 10.2. The van der Waals surface area contributed by atoms with Crippen molar-refractivity contribution in [3.63, 3.8) is 0 Å². The molecule has 2 aliphatic rings. The van der Waals surface area contributed by atoms with Crippen LogP contribution in [0.25, 0.3) is 0 Å². The summed E-state index contributed by atoms with van der Waals surface area (Å²) in [7, 11) is 0. The molecule has 1 aliphatic carbocycles. The summed E-state index contributed by atoms with van der Waals surface area (Å²) in [6, 6.07) is 0.